The van der Waals surface area contributed by atoms with Crippen LogP contribution >= 0.6 is 0 Å². The third-order valence-corrected chi connectivity index (χ3v) is 4.59. The molecule has 0 bridgehead atoms. The van der Waals surface area contributed by atoms with Gasteiger partial charge in [0.1, 0.15) is 5.82 Å². The van der Waals surface area contributed by atoms with Crippen LogP contribution in [0.15, 0.2) is 48.5 Å². The maximum Gasteiger partial charge on any atom is 0.235 e. The summed E-state index contributed by atoms with van der Waals surface area (Å²) in [7, 11) is 0. The van der Waals surface area contributed by atoms with Crippen molar-refractivity contribution in [3.05, 3.63) is 65.5 Å². The Bertz CT molecular complexity index is 675. The molecular weight excluding hydrogens is 277 g/mol. The van der Waals surface area contributed by atoms with Gasteiger partial charge in [-0.25, -0.2) is 4.39 Å². The van der Waals surface area contributed by atoms with E-state index in [2.05, 4.69) is 5.32 Å². The van der Waals surface area contributed by atoms with E-state index in [9.17, 15) is 9.18 Å². The Labute approximate surface area is 130 Å². The van der Waals surface area contributed by atoms with E-state index in [4.69, 9.17) is 0 Å². The monoisotopic (exact) mass is 297 g/mol. The number of benzene rings is 2. The first-order valence-corrected chi connectivity index (χ1v) is 7.75. The number of amides is 1. The summed E-state index contributed by atoms with van der Waals surface area (Å²) < 4.78 is 13.9. The van der Waals surface area contributed by atoms with Gasteiger partial charge < -0.3 is 5.32 Å². The van der Waals surface area contributed by atoms with Crippen LogP contribution in [0.3, 0.4) is 0 Å². The Kier molecular flexibility index (Phi) is 3.97. The minimum Gasteiger partial charge on any atom is -0.323 e. The number of carbonyl (C=O) groups excluding carboxylic acids is 1. The molecule has 0 saturated heterocycles. The topological polar surface area (TPSA) is 29.1 Å². The Morgan fingerprint density at radius 1 is 1.09 bits per heavy atom. The number of carbonyl (C=O) groups is 1. The molecule has 0 atom stereocenters. The minimum atomic E-state index is -0.530. The highest BCUT2D eigenvalue weighted by Crippen LogP contribution is 2.42. The molecule has 1 fully saturated rings. The van der Waals surface area contributed by atoms with E-state index in [1.54, 1.807) is 12.1 Å². The molecule has 1 N–H and O–H groups in total. The summed E-state index contributed by atoms with van der Waals surface area (Å²) in [4.78, 5) is 12.9. The maximum atomic E-state index is 13.9. The van der Waals surface area contributed by atoms with Crippen molar-refractivity contribution in [1.82, 2.24) is 0 Å². The average Bonchev–Trinajstić information content (AvgIpc) is 3.03. The van der Waals surface area contributed by atoms with Crippen LogP contribution in [0.1, 0.15) is 36.8 Å². The quantitative estimate of drug-likeness (QED) is 0.882. The summed E-state index contributed by atoms with van der Waals surface area (Å²) in [5, 5.41) is 2.82. The number of anilines is 1. The fourth-order valence-corrected chi connectivity index (χ4v) is 3.36. The lowest BCUT2D eigenvalue weighted by molar-refractivity contribution is -0.121. The maximum absolute atomic E-state index is 13.9. The normalized spacial score (nSPS) is 16.5. The molecule has 3 rings (SSSR count). The zero-order valence-corrected chi connectivity index (χ0v) is 12.7. The lowest BCUT2D eigenvalue weighted by atomic mass is 9.78. The van der Waals surface area contributed by atoms with E-state index in [-0.39, 0.29) is 17.4 Å². The van der Waals surface area contributed by atoms with Crippen molar-refractivity contribution in [3.63, 3.8) is 0 Å². The van der Waals surface area contributed by atoms with Gasteiger partial charge >= 0.3 is 0 Å². The van der Waals surface area contributed by atoms with Gasteiger partial charge in [0.2, 0.25) is 5.91 Å². The molecule has 2 aromatic rings. The first-order chi connectivity index (χ1) is 10.6. The minimum absolute atomic E-state index is 0.0966. The van der Waals surface area contributed by atoms with Crippen LogP contribution in [0.25, 0.3) is 0 Å². The van der Waals surface area contributed by atoms with E-state index in [1.807, 2.05) is 37.3 Å². The van der Waals surface area contributed by atoms with Crippen LogP contribution in [-0.2, 0) is 10.2 Å². The van der Waals surface area contributed by atoms with Crippen molar-refractivity contribution in [2.45, 2.75) is 38.0 Å². The van der Waals surface area contributed by atoms with Crippen LogP contribution in [0.4, 0.5) is 10.1 Å². The lowest BCUT2D eigenvalue weighted by Crippen LogP contribution is -2.38. The number of aryl methyl sites for hydroxylation is 1. The summed E-state index contributed by atoms with van der Waals surface area (Å²) in [6, 6.07) is 14.6. The molecule has 1 amide bonds. The number of halogens is 1. The van der Waals surface area contributed by atoms with Crippen molar-refractivity contribution in [2.24, 2.45) is 0 Å². The molecular formula is C19H20FNO. The zero-order valence-electron chi connectivity index (χ0n) is 12.7. The lowest BCUT2D eigenvalue weighted by Gasteiger charge is -2.28. The Morgan fingerprint density at radius 3 is 2.45 bits per heavy atom. The van der Waals surface area contributed by atoms with Crippen LogP contribution in [-0.4, -0.2) is 5.91 Å². The Hall–Kier alpha value is -2.16. The van der Waals surface area contributed by atoms with Crippen LogP contribution in [0, 0.1) is 12.7 Å². The highest BCUT2D eigenvalue weighted by molar-refractivity contribution is 5.99. The zero-order chi connectivity index (χ0) is 15.6. The predicted molar refractivity (Wildman–Crippen MR) is 86.4 cm³/mol. The highest BCUT2D eigenvalue weighted by Gasteiger charge is 2.42. The van der Waals surface area contributed by atoms with E-state index in [0.717, 1.165) is 36.8 Å². The molecule has 22 heavy (non-hydrogen) atoms. The van der Waals surface area contributed by atoms with Gasteiger partial charge in [-0.05, 0) is 43.0 Å². The van der Waals surface area contributed by atoms with Crippen molar-refractivity contribution >= 4 is 11.6 Å². The van der Waals surface area contributed by atoms with E-state index in [0.29, 0.717) is 0 Å². The van der Waals surface area contributed by atoms with Crippen molar-refractivity contribution in [2.75, 3.05) is 5.32 Å². The average molecular weight is 297 g/mol. The van der Waals surface area contributed by atoms with Crippen LogP contribution in [0.5, 0.6) is 0 Å². The first kappa shape index (κ1) is 14.8. The molecule has 114 valence electrons. The molecule has 0 aliphatic heterocycles. The second kappa shape index (κ2) is 5.91. The van der Waals surface area contributed by atoms with E-state index < -0.39 is 5.41 Å². The first-order valence-electron chi connectivity index (χ1n) is 7.75. The van der Waals surface area contributed by atoms with Gasteiger partial charge in [-0.2, -0.15) is 0 Å². The molecule has 1 saturated carbocycles. The van der Waals surface area contributed by atoms with Gasteiger partial charge in [-0.1, -0.05) is 49.2 Å². The summed E-state index contributed by atoms with van der Waals surface area (Å²) >= 11 is 0. The van der Waals surface area contributed by atoms with Gasteiger partial charge in [0.25, 0.3) is 0 Å². The van der Waals surface area contributed by atoms with E-state index >= 15 is 0 Å². The fraction of sp³-hybridized carbons (Fsp3) is 0.316. The second-order valence-electron chi connectivity index (χ2n) is 6.09. The van der Waals surface area contributed by atoms with Crippen molar-refractivity contribution in [1.29, 1.82) is 0 Å². The van der Waals surface area contributed by atoms with Crippen LogP contribution in [0.2, 0.25) is 0 Å². The van der Waals surface area contributed by atoms with Gasteiger partial charge in [0, 0.05) is 0 Å². The molecule has 0 aromatic heterocycles. The van der Waals surface area contributed by atoms with Gasteiger partial charge in [0.05, 0.1) is 11.1 Å². The number of hydrogen-bond donors (Lipinski definition) is 1. The van der Waals surface area contributed by atoms with Crippen molar-refractivity contribution in [3.8, 4) is 0 Å². The molecule has 1 aliphatic rings. The van der Waals surface area contributed by atoms with Gasteiger partial charge in [-0.15, -0.1) is 0 Å². The summed E-state index contributed by atoms with van der Waals surface area (Å²) in [6.45, 7) is 1.89. The van der Waals surface area contributed by atoms with Gasteiger partial charge in [-0.3, -0.25) is 4.79 Å². The molecule has 0 spiro atoms. The number of rotatable bonds is 3. The SMILES string of the molecule is Cc1ccc(F)c(NC(=O)C2(c3ccccc3)CCCC2)c1. The second-order valence-corrected chi connectivity index (χ2v) is 6.09. The molecule has 1 aliphatic carbocycles. The fourth-order valence-electron chi connectivity index (χ4n) is 3.36. The van der Waals surface area contributed by atoms with Crippen LogP contribution < -0.4 is 5.32 Å². The van der Waals surface area contributed by atoms with Gasteiger partial charge in [0.15, 0.2) is 0 Å². The van der Waals surface area contributed by atoms with Crippen molar-refractivity contribution < 1.29 is 9.18 Å². The predicted octanol–water partition coefficient (Wildman–Crippen LogP) is 4.58. The molecule has 0 unspecified atom stereocenters. The summed E-state index contributed by atoms with van der Waals surface area (Å²) in [5.74, 6) is -0.485. The molecule has 3 heteroatoms. The third-order valence-electron chi connectivity index (χ3n) is 4.59. The largest absolute Gasteiger partial charge is 0.323 e. The number of hydrogen-bond acceptors (Lipinski definition) is 1. The molecule has 0 radical (unpaired) electrons. The Morgan fingerprint density at radius 2 is 1.77 bits per heavy atom. The summed E-state index contributed by atoms with van der Waals surface area (Å²) in [6.07, 6.45) is 3.68. The standard InChI is InChI=1S/C19H20FNO/c1-14-9-10-16(20)17(13-14)21-18(22)19(11-5-6-12-19)15-7-3-2-4-8-15/h2-4,7-10,13H,5-6,11-12H2,1H3,(H,21,22). The molecule has 0 heterocycles. The third kappa shape index (κ3) is 2.63. The van der Waals surface area contributed by atoms with E-state index in [1.165, 1.54) is 6.07 Å². The molecule has 2 aromatic carbocycles. The summed E-state index contributed by atoms with van der Waals surface area (Å²) in [5.41, 5.74) is 1.69. The molecule has 2 nitrogen and oxygen atoms in total. The number of nitrogens with one attached hydrogen (secondary N) is 1. The Balaban J connectivity index is 1.93. The smallest absolute Gasteiger partial charge is 0.235 e. The highest BCUT2D eigenvalue weighted by atomic mass is 19.1.